The van der Waals surface area contributed by atoms with Gasteiger partial charge in [-0.3, -0.25) is 4.79 Å². The van der Waals surface area contributed by atoms with Crippen molar-refractivity contribution < 1.29 is 18.4 Å². The van der Waals surface area contributed by atoms with Gasteiger partial charge in [-0.05, 0) is 29.8 Å². The molecule has 0 saturated carbocycles. The van der Waals surface area contributed by atoms with Gasteiger partial charge in [-0.15, -0.1) is 0 Å². The van der Waals surface area contributed by atoms with E-state index >= 15 is 0 Å². The topological polar surface area (TPSA) is 93.4 Å². The largest absolute Gasteiger partial charge is 0.378 e. The van der Waals surface area contributed by atoms with Crippen molar-refractivity contribution in [3.8, 4) is 11.4 Å². The molecule has 28 heavy (non-hydrogen) atoms. The van der Waals surface area contributed by atoms with E-state index in [9.17, 15) is 9.18 Å². The minimum atomic E-state index is -0.495. The van der Waals surface area contributed by atoms with E-state index < -0.39 is 5.91 Å². The minimum Gasteiger partial charge on any atom is -0.378 e. The van der Waals surface area contributed by atoms with Crippen LogP contribution in [0.3, 0.4) is 0 Å². The number of nitrogens with zero attached hydrogens (tertiary/aromatic N) is 4. The second-order valence-corrected chi connectivity index (χ2v) is 6.23. The quantitative estimate of drug-likeness (QED) is 0.721. The maximum Gasteiger partial charge on any atom is 0.316 e. The Morgan fingerprint density at radius 3 is 2.75 bits per heavy atom. The third-order valence-corrected chi connectivity index (χ3v) is 4.33. The highest BCUT2D eigenvalue weighted by atomic mass is 19.1. The first kappa shape index (κ1) is 18.1. The van der Waals surface area contributed by atoms with E-state index in [2.05, 4.69) is 25.3 Å². The number of hydrogen-bond acceptors (Lipinski definition) is 7. The number of halogens is 1. The van der Waals surface area contributed by atoms with Crippen molar-refractivity contribution in [1.29, 1.82) is 0 Å². The highest BCUT2D eigenvalue weighted by molar-refractivity contribution is 5.89. The Bertz CT molecular complexity index is 954. The minimum absolute atomic E-state index is 0.137. The summed E-state index contributed by atoms with van der Waals surface area (Å²) in [6, 6.07) is 9.48. The summed E-state index contributed by atoms with van der Waals surface area (Å²) in [6.45, 7) is 3.08. The van der Waals surface area contributed by atoms with Gasteiger partial charge < -0.3 is 19.5 Å². The fraction of sp³-hybridized carbons (Fsp3) is 0.263. The summed E-state index contributed by atoms with van der Waals surface area (Å²) >= 11 is 0. The van der Waals surface area contributed by atoms with Crippen LogP contribution < -0.4 is 10.2 Å². The van der Waals surface area contributed by atoms with Gasteiger partial charge in [0, 0.05) is 31.4 Å². The Morgan fingerprint density at radius 1 is 1.18 bits per heavy atom. The molecule has 0 radical (unpaired) electrons. The van der Waals surface area contributed by atoms with Crippen molar-refractivity contribution in [2.24, 2.45) is 0 Å². The summed E-state index contributed by atoms with van der Waals surface area (Å²) in [7, 11) is 0. The smallest absolute Gasteiger partial charge is 0.316 e. The maximum atomic E-state index is 12.9. The van der Waals surface area contributed by atoms with E-state index in [4.69, 9.17) is 9.26 Å². The molecule has 3 aromatic rings. The average Bonchev–Trinajstić information content (AvgIpc) is 3.24. The molecule has 0 spiro atoms. The van der Waals surface area contributed by atoms with Crippen LogP contribution >= 0.6 is 0 Å². The van der Waals surface area contributed by atoms with Crippen molar-refractivity contribution in [2.45, 2.75) is 6.54 Å². The zero-order chi connectivity index (χ0) is 19.3. The first-order chi connectivity index (χ1) is 13.7. The number of anilines is 1. The Hall–Kier alpha value is -3.33. The molecule has 0 unspecified atom stereocenters. The van der Waals surface area contributed by atoms with Gasteiger partial charge in [-0.2, -0.15) is 4.98 Å². The Morgan fingerprint density at radius 2 is 1.96 bits per heavy atom. The lowest BCUT2D eigenvalue weighted by atomic mass is 10.2. The van der Waals surface area contributed by atoms with Gasteiger partial charge >= 0.3 is 11.8 Å². The molecular weight excluding hydrogens is 365 g/mol. The zero-order valence-electron chi connectivity index (χ0n) is 15.0. The Kier molecular flexibility index (Phi) is 5.24. The Balaban J connectivity index is 1.43. The number of benzene rings is 1. The molecule has 1 aromatic carbocycles. The number of amides is 1. The fourth-order valence-electron chi connectivity index (χ4n) is 2.82. The molecule has 0 atom stereocenters. The van der Waals surface area contributed by atoms with E-state index in [-0.39, 0.29) is 18.3 Å². The number of hydrogen-bond donors (Lipinski definition) is 1. The van der Waals surface area contributed by atoms with Gasteiger partial charge in [0.1, 0.15) is 11.6 Å². The van der Waals surface area contributed by atoms with E-state index in [0.717, 1.165) is 24.5 Å². The SMILES string of the molecule is O=C(NCc1ccc(F)cc1)c1nc(-c2ccnc(N3CCOCC3)c2)no1. The molecule has 1 N–H and O–H groups in total. The lowest BCUT2D eigenvalue weighted by Crippen LogP contribution is -2.36. The molecule has 1 aliphatic rings. The number of carbonyl (C=O) groups is 1. The number of rotatable bonds is 5. The van der Waals surface area contributed by atoms with Crippen LogP contribution in [0.1, 0.15) is 16.2 Å². The maximum absolute atomic E-state index is 12.9. The van der Waals surface area contributed by atoms with Crippen LogP contribution in [0.5, 0.6) is 0 Å². The van der Waals surface area contributed by atoms with E-state index in [1.807, 2.05) is 6.07 Å². The average molecular weight is 383 g/mol. The van der Waals surface area contributed by atoms with Crippen LogP contribution in [0, 0.1) is 5.82 Å². The first-order valence-electron chi connectivity index (χ1n) is 8.84. The van der Waals surface area contributed by atoms with Crippen LogP contribution in [0.25, 0.3) is 11.4 Å². The van der Waals surface area contributed by atoms with Gasteiger partial charge in [0.05, 0.1) is 13.2 Å². The second kappa shape index (κ2) is 8.13. The van der Waals surface area contributed by atoms with Gasteiger partial charge in [0.25, 0.3) is 0 Å². The number of ether oxygens (including phenoxy) is 1. The van der Waals surface area contributed by atoms with Crippen molar-refractivity contribution in [3.05, 3.63) is 59.9 Å². The van der Waals surface area contributed by atoms with Gasteiger partial charge in [-0.25, -0.2) is 9.37 Å². The lowest BCUT2D eigenvalue weighted by Gasteiger charge is -2.27. The molecule has 1 fully saturated rings. The van der Waals surface area contributed by atoms with Crippen LogP contribution in [0.4, 0.5) is 10.2 Å². The number of morpholine rings is 1. The highest BCUT2D eigenvalue weighted by Crippen LogP contribution is 2.21. The summed E-state index contributed by atoms with van der Waals surface area (Å²) < 4.78 is 23.4. The third-order valence-electron chi connectivity index (χ3n) is 4.33. The normalized spacial score (nSPS) is 14.1. The van der Waals surface area contributed by atoms with E-state index in [0.29, 0.717) is 24.6 Å². The molecule has 3 heterocycles. The monoisotopic (exact) mass is 383 g/mol. The standard InChI is InChI=1S/C19H18FN5O3/c20-15-3-1-13(2-4-15)12-22-18(26)19-23-17(24-28-19)14-5-6-21-16(11-14)25-7-9-27-10-8-25/h1-6,11H,7-10,12H2,(H,22,26). The Labute approximate surface area is 160 Å². The molecule has 9 heteroatoms. The van der Waals surface area contributed by atoms with Crippen LogP contribution in [0.15, 0.2) is 47.1 Å². The summed E-state index contributed by atoms with van der Waals surface area (Å²) in [6.07, 6.45) is 1.67. The predicted molar refractivity (Wildman–Crippen MR) is 98.1 cm³/mol. The van der Waals surface area contributed by atoms with Crippen LogP contribution in [0.2, 0.25) is 0 Å². The fourth-order valence-corrected chi connectivity index (χ4v) is 2.82. The molecule has 144 valence electrons. The summed E-state index contributed by atoms with van der Waals surface area (Å²) in [5.74, 6) is 0.148. The summed E-state index contributed by atoms with van der Waals surface area (Å²) in [5.41, 5.74) is 1.47. The molecule has 2 aromatic heterocycles. The van der Waals surface area contributed by atoms with Crippen molar-refractivity contribution in [1.82, 2.24) is 20.4 Å². The predicted octanol–water partition coefficient (Wildman–Crippen LogP) is 2.04. The van der Waals surface area contributed by atoms with Gasteiger partial charge in [0.15, 0.2) is 0 Å². The van der Waals surface area contributed by atoms with Crippen molar-refractivity contribution in [2.75, 3.05) is 31.2 Å². The highest BCUT2D eigenvalue weighted by Gasteiger charge is 2.18. The lowest BCUT2D eigenvalue weighted by molar-refractivity contribution is 0.0907. The second-order valence-electron chi connectivity index (χ2n) is 6.23. The van der Waals surface area contributed by atoms with Crippen LogP contribution in [-0.2, 0) is 11.3 Å². The first-order valence-corrected chi connectivity index (χ1v) is 8.84. The molecule has 1 amide bonds. The third kappa shape index (κ3) is 4.15. The van der Waals surface area contributed by atoms with E-state index in [1.54, 1.807) is 24.4 Å². The van der Waals surface area contributed by atoms with Gasteiger partial charge in [0.2, 0.25) is 5.82 Å². The summed E-state index contributed by atoms with van der Waals surface area (Å²) in [5, 5.41) is 6.56. The molecule has 0 bridgehead atoms. The number of aromatic nitrogens is 3. The molecule has 1 saturated heterocycles. The number of pyridine rings is 1. The molecular formula is C19H18FN5O3. The van der Waals surface area contributed by atoms with Crippen molar-refractivity contribution in [3.63, 3.8) is 0 Å². The van der Waals surface area contributed by atoms with E-state index in [1.165, 1.54) is 12.1 Å². The molecule has 4 rings (SSSR count). The number of carbonyl (C=O) groups excluding carboxylic acids is 1. The molecule has 1 aliphatic heterocycles. The van der Waals surface area contributed by atoms with Crippen molar-refractivity contribution >= 4 is 11.7 Å². The number of nitrogens with one attached hydrogen (secondary N) is 1. The van der Waals surface area contributed by atoms with Crippen LogP contribution in [-0.4, -0.2) is 47.3 Å². The molecule has 8 nitrogen and oxygen atoms in total. The van der Waals surface area contributed by atoms with Gasteiger partial charge in [-0.1, -0.05) is 17.3 Å². The zero-order valence-corrected chi connectivity index (χ0v) is 15.0. The molecule has 0 aliphatic carbocycles. The summed E-state index contributed by atoms with van der Waals surface area (Å²) in [4.78, 5) is 22.9.